The Balaban J connectivity index is 1.17. The lowest BCUT2D eigenvalue weighted by molar-refractivity contribution is -0.358. The molecule has 0 radical (unpaired) electrons. The summed E-state index contributed by atoms with van der Waals surface area (Å²) in [6.07, 6.45) is -14.4. The minimum absolute atomic E-state index is 0.0160. The number of methoxy groups -OCH3 is 2. The Bertz CT molecular complexity index is 2720. The molecule has 0 aliphatic carbocycles. The number of phenols is 6. The summed E-state index contributed by atoms with van der Waals surface area (Å²) >= 11 is 0. The minimum Gasteiger partial charge on any atom is -0.507 e. The Morgan fingerprint density at radius 3 is 1.77 bits per heavy atom. The van der Waals surface area contributed by atoms with Gasteiger partial charge in [-0.2, -0.15) is 0 Å². The number of phenolic OH excluding ortho intramolecular Hbond substituents is 6. The molecule has 2 aliphatic heterocycles. The summed E-state index contributed by atoms with van der Waals surface area (Å²) in [5, 5.41) is 117. The van der Waals surface area contributed by atoms with Crippen LogP contribution in [0.15, 0.2) is 89.4 Å². The van der Waals surface area contributed by atoms with E-state index in [9.17, 15) is 65.8 Å². The number of carbonyl (C=O) groups excluding carboxylic acids is 2. The van der Waals surface area contributed by atoms with Crippen molar-refractivity contribution in [3.8, 4) is 63.1 Å². The van der Waals surface area contributed by atoms with Gasteiger partial charge in [-0.05, 0) is 59.7 Å². The number of aliphatic hydroxyl groups excluding tert-OH is 5. The van der Waals surface area contributed by atoms with E-state index in [1.165, 1.54) is 93.1 Å². The lowest BCUT2D eigenvalue weighted by atomic mass is 9.97. The second-order valence-electron chi connectivity index (χ2n) is 15.6. The summed E-state index contributed by atoms with van der Waals surface area (Å²) in [5.74, 6) is -4.31. The molecule has 0 amide bonds. The van der Waals surface area contributed by atoms with Crippen LogP contribution in [0.3, 0.4) is 0 Å². The van der Waals surface area contributed by atoms with Crippen molar-refractivity contribution >= 4 is 35.1 Å². The molecule has 1 aromatic heterocycles. The fraction of sp³-hybridized carbons (Fsp3) is 0.298. The first-order valence-electron chi connectivity index (χ1n) is 20.8. The zero-order valence-corrected chi connectivity index (χ0v) is 36.3. The molecule has 7 rings (SSSR count). The van der Waals surface area contributed by atoms with E-state index in [-0.39, 0.29) is 56.8 Å². The number of rotatable bonds is 15. The quantitative estimate of drug-likeness (QED) is 0.0310. The molecule has 69 heavy (non-hydrogen) atoms. The molecule has 11 N–H and O–H groups in total. The van der Waals surface area contributed by atoms with Gasteiger partial charge in [0.25, 0.3) is 0 Å². The first kappa shape index (κ1) is 49.5. The van der Waals surface area contributed by atoms with Crippen molar-refractivity contribution in [3.05, 3.63) is 96.1 Å². The smallest absolute Gasteiger partial charge is 0.402 e. The fourth-order valence-electron chi connectivity index (χ4n) is 7.22. The van der Waals surface area contributed by atoms with Crippen molar-refractivity contribution in [2.45, 2.75) is 61.4 Å². The van der Waals surface area contributed by atoms with Crippen LogP contribution in [0.25, 0.3) is 34.4 Å². The number of hydrogen-bond donors (Lipinski definition) is 11. The molecule has 22 nitrogen and oxygen atoms in total. The molecule has 22 heteroatoms. The van der Waals surface area contributed by atoms with E-state index >= 15 is 0 Å². The van der Waals surface area contributed by atoms with Gasteiger partial charge in [-0.15, -0.1) is 0 Å². The van der Waals surface area contributed by atoms with Gasteiger partial charge in [-0.1, -0.05) is 12.1 Å². The Morgan fingerprint density at radius 1 is 0.580 bits per heavy atom. The Labute approximate surface area is 390 Å². The third-order valence-electron chi connectivity index (χ3n) is 10.9. The Morgan fingerprint density at radius 2 is 1.14 bits per heavy atom. The van der Waals surface area contributed by atoms with Crippen molar-refractivity contribution in [1.82, 2.24) is 0 Å². The van der Waals surface area contributed by atoms with Crippen LogP contribution < -0.4 is 14.2 Å². The lowest BCUT2D eigenvalue weighted by Crippen LogP contribution is -2.65. The van der Waals surface area contributed by atoms with Crippen molar-refractivity contribution in [1.29, 1.82) is 0 Å². The molecule has 366 valence electrons. The summed E-state index contributed by atoms with van der Waals surface area (Å²) in [6, 6.07) is 15.5. The van der Waals surface area contributed by atoms with Gasteiger partial charge in [0, 0.05) is 30.4 Å². The molecule has 3 heterocycles. The molecule has 5 aromatic rings. The van der Waals surface area contributed by atoms with Crippen LogP contribution in [0.4, 0.5) is 0 Å². The van der Waals surface area contributed by atoms with E-state index < -0.39 is 104 Å². The van der Waals surface area contributed by atoms with Gasteiger partial charge in [-0.25, -0.2) is 14.0 Å². The molecular weight excluding hydrogens is 916 g/mol. The molecule has 0 spiro atoms. The molecule has 0 bridgehead atoms. The molecule has 0 saturated carbocycles. The number of benzene rings is 4. The molecule has 10 atom stereocenters. The SMILES string of the molecule is COc1cc(/C=C/C(=O)OC[C@H]2O[C@@H](O[C@H]3[C@H](Oc4cc5c(O)cc(O)cc5[o+]c4-c4ccc(O)c(OC)c4)O[C@H](COC(=O)/C=C/c4ccc(O)c(O)c4)[C@@H](O)[C@@H]3O)[C@H](O)[C@@H](O)[C@@H]2O)ccc1O. The highest BCUT2D eigenvalue weighted by Gasteiger charge is 2.52. The predicted molar refractivity (Wildman–Crippen MR) is 235 cm³/mol. The third-order valence-corrected chi connectivity index (χ3v) is 10.9. The highest BCUT2D eigenvalue weighted by molar-refractivity contribution is 5.89. The fourth-order valence-corrected chi connectivity index (χ4v) is 7.22. The third kappa shape index (κ3) is 11.3. The summed E-state index contributed by atoms with van der Waals surface area (Å²) in [6.45, 7) is -1.46. The van der Waals surface area contributed by atoms with Crippen LogP contribution in [0, 0.1) is 0 Å². The number of aliphatic hydroxyl groups is 5. The highest BCUT2D eigenvalue weighted by Crippen LogP contribution is 2.43. The summed E-state index contributed by atoms with van der Waals surface area (Å²) in [4.78, 5) is 25.5. The normalized spacial score (nSPS) is 24.9. The van der Waals surface area contributed by atoms with E-state index in [1.807, 2.05) is 0 Å². The van der Waals surface area contributed by atoms with Crippen LogP contribution in [-0.4, -0.2) is 157 Å². The van der Waals surface area contributed by atoms with Gasteiger partial charge in [0.1, 0.15) is 72.8 Å². The van der Waals surface area contributed by atoms with Crippen molar-refractivity contribution in [2.75, 3.05) is 27.4 Å². The van der Waals surface area contributed by atoms with Crippen molar-refractivity contribution < 1.29 is 108 Å². The van der Waals surface area contributed by atoms with Crippen molar-refractivity contribution in [3.63, 3.8) is 0 Å². The van der Waals surface area contributed by atoms with E-state index in [1.54, 1.807) is 0 Å². The van der Waals surface area contributed by atoms with Crippen LogP contribution in [0.1, 0.15) is 11.1 Å². The largest absolute Gasteiger partial charge is 0.507 e. The van der Waals surface area contributed by atoms with E-state index in [4.69, 9.17) is 42.3 Å². The average Bonchev–Trinajstić information content (AvgIpc) is 3.33. The summed E-state index contributed by atoms with van der Waals surface area (Å²) < 4.78 is 51.1. The van der Waals surface area contributed by atoms with Gasteiger partial charge < -0.3 is 94.1 Å². The minimum atomic E-state index is -2.07. The maximum Gasteiger partial charge on any atom is 0.402 e. The van der Waals surface area contributed by atoms with E-state index in [0.717, 1.165) is 18.2 Å². The van der Waals surface area contributed by atoms with Crippen LogP contribution in [-0.2, 0) is 33.3 Å². The zero-order chi connectivity index (χ0) is 49.7. The number of aromatic hydroxyl groups is 6. The second kappa shape index (κ2) is 21.3. The van der Waals surface area contributed by atoms with Gasteiger partial charge >= 0.3 is 23.3 Å². The molecule has 4 aromatic carbocycles. The zero-order valence-electron chi connectivity index (χ0n) is 36.3. The number of hydrogen-bond acceptors (Lipinski definition) is 21. The molecule has 2 saturated heterocycles. The molecular formula is C47H47O22+. The topological polar surface area (TPSA) is 342 Å². The molecule has 2 aliphatic rings. The first-order valence-corrected chi connectivity index (χ1v) is 20.8. The van der Waals surface area contributed by atoms with Crippen LogP contribution in [0.5, 0.6) is 51.7 Å². The summed E-state index contributed by atoms with van der Waals surface area (Å²) in [7, 11) is 2.63. The Kier molecular flexibility index (Phi) is 15.3. The first-order chi connectivity index (χ1) is 32.9. The summed E-state index contributed by atoms with van der Waals surface area (Å²) in [5.41, 5.74) is 0.862. The highest BCUT2D eigenvalue weighted by atomic mass is 16.8. The van der Waals surface area contributed by atoms with E-state index in [0.29, 0.717) is 11.1 Å². The second-order valence-corrected chi connectivity index (χ2v) is 15.6. The van der Waals surface area contributed by atoms with Gasteiger partial charge in [0.2, 0.25) is 12.0 Å². The molecule has 0 unspecified atom stereocenters. The maximum atomic E-state index is 12.8. The molecule has 2 fully saturated rings. The maximum absolute atomic E-state index is 12.8. The van der Waals surface area contributed by atoms with Crippen LogP contribution in [0.2, 0.25) is 0 Å². The number of esters is 2. The standard InChI is InChI=1S/C47H46O22/c1-61-32-14-22(4-9-27(32)50)6-12-38(55)63-19-35-39(56)41(58)43(60)46(67-35)69-45-42(59)40(57)36(20-64-37(54)11-5-21-3-8-26(49)30(53)13-21)68-47(45)66-34-18-25-29(52)16-24(48)17-31(25)65-44(34)23-7-10-28(51)33(15-23)62-2/h3-18,35-36,39-43,45-47,56-60H,19-20H2,1-2H3,(H5-,48,49,50,51,52,53,54,55)/p+1/t35-,36-,39-,40-,41+,42+,43-,45-,46+,47-/m1/s1. The van der Waals surface area contributed by atoms with E-state index in [2.05, 4.69) is 0 Å². The lowest BCUT2D eigenvalue weighted by Gasteiger charge is -2.45. The van der Waals surface area contributed by atoms with Gasteiger partial charge in [-0.3, -0.25) is 0 Å². The number of ether oxygens (including phenoxy) is 8. The number of fused-ring (bicyclic) bond motifs is 1. The Hall–Kier alpha value is -7.41. The number of carbonyl (C=O) groups is 2. The van der Waals surface area contributed by atoms with Crippen LogP contribution >= 0.6 is 0 Å². The van der Waals surface area contributed by atoms with Crippen molar-refractivity contribution in [2.24, 2.45) is 0 Å². The van der Waals surface area contributed by atoms with Gasteiger partial charge in [0.15, 0.2) is 46.9 Å². The monoisotopic (exact) mass is 963 g/mol. The van der Waals surface area contributed by atoms with Gasteiger partial charge in [0.05, 0.1) is 25.8 Å². The predicted octanol–water partition coefficient (Wildman–Crippen LogP) is 2.16. The average molecular weight is 964 g/mol.